The molecule has 30 heavy (non-hydrogen) atoms. The summed E-state index contributed by atoms with van der Waals surface area (Å²) in [5, 5.41) is 2.87. The van der Waals surface area contributed by atoms with Crippen molar-refractivity contribution in [1.82, 2.24) is 10.2 Å². The number of nitrogens with one attached hydrogen (secondary N) is 1. The number of benzene rings is 2. The van der Waals surface area contributed by atoms with Crippen LogP contribution in [-0.4, -0.2) is 43.5 Å². The summed E-state index contributed by atoms with van der Waals surface area (Å²) in [7, 11) is 3.28. The van der Waals surface area contributed by atoms with E-state index in [9.17, 15) is 18.4 Å². The second kappa shape index (κ2) is 10.6. The average Bonchev–Trinajstić information content (AvgIpc) is 2.72. The number of likely N-dealkylation sites (N-methyl/N-ethyl adjacent to an activating group) is 1. The van der Waals surface area contributed by atoms with Crippen LogP contribution in [0.1, 0.15) is 31.9 Å². The number of carbonyl (C=O) groups is 2. The van der Waals surface area contributed by atoms with Gasteiger partial charge in [0.15, 0.2) is 24.3 Å². The monoisotopic (exact) mass is 420 g/mol. The number of ether oxygens (including phenoxy) is 2. The van der Waals surface area contributed by atoms with Gasteiger partial charge in [0.25, 0.3) is 11.8 Å². The van der Waals surface area contributed by atoms with Gasteiger partial charge in [-0.05, 0) is 31.5 Å². The first-order valence-electron chi connectivity index (χ1n) is 9.56. The minimum atomic E-state index is -1.05. The molecule has 0 saturated carbocycles. The van der Waals surface area contributed by atoms with Gasteiger partial charge in [0.2, 0.25) is 0 Å². The molecule has 2 unspecified atom stereocenters. The van der Waals surface area contributed by atoms with E-state index in [4.69, 9.17) is 9.47 Å². The minimum absolute atomic E-state index is 0.0514. The van der Waals surface area contributed by atoms with E-state index >= 15 is 0 Å². The standard InChI is InChI=1S/C22H26F2N2O4/c1-5-19(16-8-6-7-9-20(16)29-13-21(27)26(3)4)25-22(28)14(2)30-15-10-11-17(23)18(24)12-15/h6-12,14,19H,5,13H2,1-4H3,(H,25,28). The van der Waals surface area contributed by atoms with E-state index < -0.39 is 23.6 Å². The van der Waals surface area contributed by atoms with Gasteiger partial charge in [-0.15, -0.1) is 0 Å². The van der Waals surface area contributed by atoms with Crippen LogP contribution < -0.4 is 14.8 Å². The van der Waals surface area contributed by atoms with Gasteiger partial charge < -0.3 is 19.7 Å². The molecule has 0 bridgehead atoms. The van der Waals surface area contributed by atoms with Crippen LogP contribution in [0.4, 0.5) is 8.78 Å². The fourth-order valence-electron chi connectivity index (χ4n) is 2.67. The first kappa shape index (κ1) is 23.1. The highest BCUT2D eigenvalue weighted by atomic mass is 19.2. The Hall–Kier alpha value is -3.16. The van der Waals surface area contributed by atoms with Gasteiger partial charge in [0.1, 0.15) is 11.5 Å². The van der Waals surface area contributed by atoms with Crippen LogP contribution in [-0.2, 0) is 9.59 Å². The van der Waals surface area contributed by atoms with Gasteiger partial charge in [-0.1, -0.05) is 25.1 Å². The van der Waals surface area contributed by atoms with Crippen molar-refractivity contribution in [3.63, 3.8) is 0 Å². The Morgan fingerprint density at radius 1 is 1.10 bits per heavy atom. The summed E-state index contributed by atoms with van der Waals surface area (Å²) in [5.74, 6) is -2.11. The van der Waals surface area contributed by atoms with Crippen LogP contribution >= 0.6 is 0 Å². The smallest absolute Gasteiger partial charge is 0.261 e. The SMILES string of the molecule is CCC(NC(=O)C(C)Oc1ccc(F)c(F)c1)c1ccccc1OCC(=O)N(C)C. The Labute approximate surface area is 174 Å². The summed E-state index contributed by atoms with van der Waals surface area (Å²) in [6.07, 6.45) is -0.377. The summed E-state index contributed by atoms with van der Waals surface area (Å²) in [6.45, 7) is 3.29. The molecule has 0 fully saturated rings. The van der Waals surface area contributed by atoms with Crippen LogP contribution in [0.25, 0.3) is 0 Å². The maximum Gasteiger partial charge on any atom is 0.261 e. The Bertz CT molecular complexity index is 889. The summed E-state index contributed by atoms with van der Waals surface area (Å²) in [6, 6.07) is 9.82. The van der Waals surface area contributed by atoms with Crippen LogP contribution in [0.15, 0.2) is 42.5 Å². The number of hydrogen-bond acceptors (Lipinski definition) is 4. The van der Waals surface area contributed by atoms with Gasteiger partial charge >= 0.3 is 0 Å². The Morgan fingerprint density at radius 3 is 2.43 bits per heavy atom. The maximum absolute atomic E-state index is 13.3. The quantitative estimate of drug-likeness (QED) is 0.675. The van der Waals surface area contributed by atoms with E-state index in [1.54, 1.807) is 26.2 Å². The predicted molar refractivity (Wildman–Crippen MR) is 108 cm³/mol. The minimum Gasteiger partial charge on any atom is -0.483 e. The molecule has 1 N–H and O–H groups in total. The molecule has 0 aliphatic heterocycles. The van der Waals surface area contributed by atoms with Gasteiger partial charge in [-0.2, -0.15) is 0 Å². The van der Waals surface area contributed by atoms with Crippen molar-refractivity contribution in [1.29, 1.82) is 0 Å². The lowest BCUT2D eigenvalue weighted by Gasteiger charge is -2.23. The molecule has 0 spiro atoms. The lowest BCUT2D eigenvalue weighted by atomic mass is 10.0. The van der Waals surface area contributed by atoms with Crippen LogP contribution in [0, 0.1) is 11.6 Å². The van der Waals surface area contributed by atoms with Crippen molar-refractivity contribution in [3.05, 3.63) is 59.7 Å². The van der Waals surface area contributed by atoms with E-state index in [1.807, 2.05) is 19.1 Å². The molecule has 8 heteroatoms. The molecule has 0 aliphatic rings. The first-order chi connectivity index (χ1) is 14.2. The zero-order valence-corrected chi connectivity index (χ0v) is 17.4. The topological polar surface area (TPSA) is 67.9 Å². The third-order valence-electron chi connectivity index (χ3n) is 4.44. The fraction of sp³-hybridized carbons (Fsp3) is 0.364. The Kier molecular flexibility index (Phi) is 8.15. The van der Waals surface area contributed by atoms with E-state index in [1.165, 1.54) is 17.9 Å². The van der Waals surface area contributed by atoms with Crippen molar-refractivity contribution in [3.8, 4) is 11.5 Å². The largest absolute Gasteiger partial charge is 0.483 e. The lowest BCUT2D eigenvalue weighted by Crippen LogP contribution is -2.38. The number of halogens is 2. The van der Waals surface area contributed by atoms with Crippen molar-refractivity contribution >= 4 is 11.8 Å². The molecule has 2 atom stereocenters. The molecular formula is C22H26F2N2O4. The number of amides is 2. The third kappa shape index (κ3) is 6.17. The average molecular weight is 420 g/mol. The number of para-hydroxylation sites is 1. The molecule has 0 radical (unpaired) electrons. The molecule has 0 heterocycles. The molecule has 2 aromatic rings. The lowest BCUT2D eigenvalue weighted by molar-refractivity contribution is -0.131. The second-order valence-electron chi connectivity index (χ2n) is 6.92. The summed E-state index contributed by atoms with van der Waals surface area (Å²) < 4.78 is 37.5. The molecule has 0 aliphatic carbocycles. The second-order valence-corrected chi connectivity index (χ2v) is 6.92. The number of carbonyl (C=O) groups excluding carboxylic acids is 2. The maximum atomic E-state index is 13.3. The molecule has 2 amide bonds. The molecule has 6 nitrogen and oxygen atoms in total. The van der Waals surface area contributed by atoms with Crippen LogP contribution in [0.5, 0.6) is 11.5 Å². The number of hydrogen-bond donors (Lipinski definition) is 1. The zero-order chi connectivity index (χ0) is 22.3. The molecule has 2 aromatic carbocycles. The summed E-state index contributed by atoms with van der Waals surface area (Å²) in [4.78, 5) is 25.8. The molecular weight excluding hydrogens is 394 g/mol. The van der Waals surface area contributed by atoms with E-state index in [-0.39, 0.29) is 24.3 Å². The number of rotatable bonds is 9. The van der Waals surface area contributed by atoms with Crippen LogP contribution in [0.2, 0.25) is 0 Å². The van der Waals surface area contributed by atoms with Crippen molar-refractivity contribution in [2.24, 2.45) is 0 Å². The van der Waals surface area contributed by atoms with E-state index in [2.05, 4.69) is 5.32 Å². The highest BCUT2D eigenvalue weighted by Gasteiger charge is 2.22. The van der Waals surface area contributed by atoms with Crippen molar-refractivity contribution in [2.75, 3.05) is 20.7 Å². The Balaban J connectivity index is 2.07. The van der Waals surface area contributed by atoms with Crippen molar-refractivity contribution in [2.45, 2.75) is 32.4 Å². The Morgan fingerprint density at radius 2 is 1.80 bits per heavy atom. The van der Waals surface area contributed by atoms with Gasteiger partial charge in [0, 0.05) is 25.7 Å². The fourth-order valence-corrected chi connectivity index (χ4v) is 2.67. The highest BCUT2D eigenvalue weighted by molar-refractivity contribution is 5.81. The highest BCUT2D eigenvalue weighted by Crippen LogP contribution is 2.27. The molecule has 0 aromatic heterocycles. The van der Waals surface area contributed by atoms with Gasteiger partial charge in [-0.25, -0.2) is 8.78 Å². The first-order valence-corrected chi connectivity index (χ1v) is 9.56. The normalized spacial score (nSPS) is 12.6. The van der Waals surface area contributed by atoms with Gasteiger partial charge in [-0.3, -0.25) is 9.59 Å². The third-order valence-corrected chi connectivity index (χ3v) is 4.44. The predicted octanol–water partition coefficient (Wildman–Crippen LogP) is 3.47. The molecule has 162 valence electrons. The van der Waals surface area contributed by atoms with Crippen molar-refractivity contribution < 1.29 is 27.8 Å². The molecule has 2 rings (SSSR count). The van der Waals surface area contributed by atoms with Crippen LogP contribution in [0.3, 0.4) is 0 Å². The number of nitrogens with zero attached hydrogens (tertiary/aromatic N) is 1. The zero-order valence-electron chi connectivity index (χ0n) is 17.4. The van der Waals surface area contributed by atoms with E-state index in [0.717, 1.165) is 17.7 Å². The van der Waals surface area contributed by atoms with Gasteiger partial charge in [0.05, 0.1) is 6.04 Å². The summed E-state index contributed by atoms with van der Waals surface area (Å²) >= 11 is 0. The molecule has 0 saturated heterocycles. The summed E-state index contributed by atoms with van der Waals surface area (Å²) in [5.41, 5.74) is 0.722. The van der Waals surface area contributed by atoms with E-state index in [0.29, 0.717) is 12.2 Å².